The number of amides is 1. The van der Waals surface area contributed by atoms with Crippen LogP contribution in [0.25, 0.3) is 0 Å². The first-order valence-corrected chi connectivity index (χ1v) is 1.96. The number of rotatable bonds is 1. The van der Waals surface area contributed by atoms with Crippen molar-refractivity contribution in [3.63, 3.8) is 0 Å². The smallest absolute Gasteiger partial charge is 0.270 e. The van der Waals surface area contributed by atoms with Crippen molar-refractivity contribution in [2.45, 2.75) is 6.17 Å². The minimum Gasteiger partial charge on any atom is -0.355 e. The van der Waals surface area contributed by atoms with Crippen LogP contribution in [0.5, 0.6) is 0 Å². The van der Waals surface area contributed by atoms with Crippen LogP contribution in [0.1, 0.15) is 0 Å². The Bertz CT molecular complexity index is 113. The molecular formula is C3H5N3O. The molecule has 0 aromatic heterocycles. The molecule has 0 spiro atoms. The Morgan fingerprint density at radius 3 is 2.43 bits per heavy atom. The fraction of sp³-hybridized carbons (Fsp3) is 0.667. The van der Waals surface area contributed by atoms with Gasteiger partial charge in [-0.3, -0.25) is 4.79 Å². The maximum atomic E-state index is 10.3. The third-order valence-corrected chi connectivity index (χ3v) is 0.712. The molecule has 0 fully saturated rings. The minimum atomic E-state index is -0.384. The zero-order valence-corrected chi connectivity index (χ0v) is 3.88. The van der Waals surface area contributed by atoms with Crippen LogP contribution in [-0.4, -0.2) is 19.1 Å². The molecule has 0 saturated carbocycles. The summed E-state index contributed by atoms with van der Waals surface area (Å²) in [6, 6.07) is 0. The van der Waals surface area contributed by atoms with Gasteiger partial charge in [0.15, 0.2) is 0 Å². The number of likely N-dealkylation sites (N-methyl/N-ethyl adjacent to an activating group) is 1. The van der Waals surface area contributed by atoms with Crippen LogP contribution >= 0.6 is 0 Å². The van der Waals surface area contributed by atoms with Crippen molar-refractivity contribution in [2.24, 2.45) is 10.2 Å². The number of carbonyl (C=O) groups is 1. The van der Waals surface area contributed by atoms with Gasteiger partial charge in [-0.05, 0) is 0 Å². The molecule has 0 aromatic rings. The third kappa shape index (κ3) is 0.734. The molecule has 0 aliphatic carbocycles. The number of carbonyl (C=O) groups excluding carboxylic acids is 1. The molecule has 7 heavy (non-hydrogen) atoms. The van der Waals surface area contributed by atoms with Crippen molar-refractivity contribution in [2.75, 3.05) is 7.05 Å². The molecule has 0 aromatic carbocycles. The van der Waals surface area contributed by atoms with E-state index in [1.165, 1.54) is 0 Å². The Hall–Kier alpha value is -0.930. The first-order chi connectivity index (χ1) is 3.34. The predicted molar refractivity (Wildman–Crippen MR) is 22.7 cm³/mol. The molecule has 0 unspecified atom stereocenters. The lowest BCUT2D eigenvalue weighted by Crippen LogP contribution is -2.22. The van der Waals surface area contributed by atoms with Crippen molar-refractivity contribution in [3.8, 4) is 0 Å². The number of hydrogen-bond acceptors (Lipinski definition) is 3. The molecule has 0 bridgehead atoms. The van der Waals surface area contributed by atoms with Crippen LogP contribution in [0.15, 0.2) is 10.2 Å². The lowest BCUT2D eigenvalue weighted by atomic mass is 10.5. The van der Waals surface area contributed by atoms with Crippen molar-refractivity contribution in [1.82, 2.24) is 5.32 Å². The second kappa shape index (κ2) is 1.29. The monoisotopic (exact) mass is 99.0 g/mol. The summed E-state index contributed by atoms with van der Waals surface area (Å²) >= 11 is 0. The van der Waals surface area contributed by atoms with E-state index in [-0.39, 0.29) is 12.1 Å². The molecule has 0 atom stereocenters. The standard InChI is InChI=1S/C3H5N3O/c1-4-3(7)2-5-6-2/h2H,1H3,(H,4,7). The van der Waals surface area contributed by atoms with Gasteiger partial charge in [0.1, 0.15) is 0 Å². The van der Waals surface area contributed by atoms with E-state index in [9.17, 15) is 4.79 Å². The summed E-state index contributed by atoms with van der Waals surface area (Å²) < 4.78 is 0. The van der Waals surface area contributed by atoms with E-state index < -0.39 is 0 Å². The second-order valence-electron chi connectivity index (χ2n) is 1.22. The summed E-state index contributed by atoms with van der Waals surface area (Å²) in [6.45, 7) is 0. The SMILES string of the molecule is CNC(=O)C1N=N1. The quantitative estimate of drug-likeness (QED) is 0.474. The first kappa shape index (κ1) is 4.23. The van der Waals surface area contributed by atoms with Gasteiger partial charge in [-0.1, -0.05) is 0 Å². The van der Waals surface area contributed by atoms with Gasteiger partial charge in [-0.2, -0.15) is 10.2 Å². The summed E-state index contributed by atoms with van der Waals surface area (Å²) in [4.78, 5) is 10.3. The Labute approximate surface area is 40.6 Å². The normalized spacial score (nSPS) is 16.7. The number of nitrogens with one attached hydrogen (secondary N) is 1. The first-order valence-electron chi connectivity index (χ1n) is 1.96. The van der Waals surface area contributed by atoms with Crippen molar-refractivity contribution >= 4 is 5.91 Å². The molecule has 1 aliphatic rings. The van der Waals surface area contributed by atoms with Gasteiger partial charge in [-0.25, -0.2) is 0 Å². The van der Waals surface area contributed by atoms with E-state index in [4.69, 9.17) is 0 Å². The Kier molecular flexibility index (Phi) is 0.780. The fourth-order valence-corrected chi connectivity index (χ4v) is 0.267. The highest BCUT2D eigenvalue weighted by Gasteiger charge is 2.23. The van der Waals surface area contributed by atoms with Crippen LogP contribution in [0.4, 0.5) is 0 Å². The highest BCUT2D eigenvalue weighted by Crippen LogP contribution is 2.08. The molecule has 0 radical (unpaired) electrons. The van der Waals surface area contributed by atoms with Crippen molar-refractivity contribution in [3.05, 3.63) is 0 Å². The summed E-state index contributed by atoms with van der Waals surface area (Å²) in [5.41, 5.74) is 0. The highest BCUT2D eigenvalue weighted by molar-refractivity contribution is 5.82. The van der Waals surface area contributed by atoms with E-state index in [2.05, 4.69) is 15.5 Å². The number of nitrogens with zero attached hydrogens (tertiary/aromatic N) is 2. The topological polar surface area (TPSA) is 53.8 Å². The van der Waals surface area contributed by atoms with Gasteiger partial charge >= 0.3 is 0 Å². The van der Waals surface area contributed by atoms with E-state index in [0.29, 0.717) is 0 Å². The van der Waals surface area contributed by atoms with E-state index >= 15 is 0 Å². The molecule has 4 heteroatoms. The lowest BCUT2D eigenvalue weighted by Gasteiger charge is -1.86. The maximum Gasteiger partial charge on any atom is 0.270 e. The summed E-state index contributed by atoms with van der Waals surface area (Å²) in [5.74, 6) is -0.125. The minimum absolute atomic E-state index is 0.125. The Morgan fingerprint density at radius 2 is 2.29 bits per heavy atom. The molecule has 1 N–H and O–H groups in total. The zero-order valence-electron chi connectivity index (χ0n) is 3.88. The van der Waals surface area contributed by atoms with Gasteiger partial charge in [0.25, 0.3) is 12.1 Å². The van der Waals surface area contributed by atoms with E-state index in [1.807, 2.05) is 0 Å². The number of hydrogen-bond donors (Lipinski definition) is 1. The molecule has 1 heterocycles. The zero-order chi connectivity index (χ0) is 5.28. The highest BCUT2D eigenvalue weighted by atomic mass is 16.2. The average Bonchev–Trinajstić information content (AvgIpc) is 2.44. The average molecular weight is 99.1 g/mol. The molecular weight excluding hydrogens is 94.1 g/mol. The lowest BCUT2D eigenvalue weighted by molar-refractivity contribution is -0.120. The van der Waals surface area contributed by atoms with Crippen LogP contribution in [-0.2, 0) is 4.79 Å². The van der Waals surface area contributed by atoms with Gasteiger partial charge in [0.05, 0.1) is 0 Å². The largest absolute Gasteiger partial charge is 0.355 e. The van der Waals surface area contributed by atoms with Crippen molar-refractivity contribution < 1.29 is 4.79 Å². The van der Waals surface area contributed by atoms with Crippen LogP contribution < -0.4 is 5.32 Å². The van der Waals surface area contributed by atoms with E-state index in [1.54, 1.807) is 7.05 Å². The van der Waals surface area contributed by atoms with E-state index in [0.717, 1.165) is 0 Å². The van der Waals surface area contributed by atoms with Crippen LogP contribution in [0.2, 0.25) is 0 Å². The maximum absolute atomic E-state index is 10.3. The van der Waals surface area contributed by atoms with Gasteiger partial charge in [0, 0.05) is 7.05 Å². The van der Waals surface area contributed by atoms with Gasteiger partial charge in [-0.15, -0.1) is 0 Å². The molecule has 1 rings (SSSR count). The predicted octanol–water partition coefficient (Wildman–Crippen LogP) is -0.476. The van der Waals surface area contributed by atoms with Crippen molar-refractivity contribution in [1.29, 1.82) is 0 Å². The second-order valence-corrected chi connectivity index (χ2v) is 1.22. The Morgan fingerprint density at radius 1 is 1.71 bits per heavy atom. The molecule has 4 nitrogen and oxygen atoms in total. The summed E-state index contributed by atoms with van der Waals surface area (Å²) in [5, 5.41) is 9.17. The van der Waals surface area contributed by atoms with Crippen LogP contribution in [0.3, 0.4) is 0 Å². The molecule has 0 saturated heterocycles. The Balaban J connectivity index is 2.26. The van der Waals surface area contributed by atoms with Crippen LogP contribution in [0, 0.1) is 0 Å². The summed E-state index contributed by atoms with van der Waals surface area (Å²) in [6.07, 6.45) is -0.384. The molecule has 38 valence electrons. The molecule has 1 amide bonds. The van der Waals surface area contributed by atoms with Gasteiger partial charge < -0.3 is 5.32 Å². The summed E-state index contributed by atoms with van der Waals surface area (Å²) in [7, 11) is 1.56. The molecule has 1 aliphatic heterocycles. The fourth-order valence-electron chi connectivity index (χ4n) is 0.267. The van der Waals surface area contributed by atoms with Gasteiger partial charge in [0.2, 0.25) is 0 Å². The third-order valence-electron chi connectivity index (χ3n) is 0.712.